The molecule has 0 aliphatic rings. The van der Waals surface area contributed by atoms with Crippen LogP contribution in [0.3, 0.4) is 0 Å². The molecular weight excluding hydrogens is 401 g/mol. The molecule has 11 heteroatoms. The van der Waals surface area contributed by atoms with Crippen LogP contribution in [-0.2, 0) is 6.18 Å². The van der Waals surface area contributed by atoms with Crippen LogP contribution < -0.4 is 10.2 Å². The van der Waals surface area contributed by atoms with E-state index >= 15 is 0 Å². The van der Waals surface area contributed by atoms with Crippen LogP contribution in [0.5, 0.6) is 0 Å². The fraction of sp³-hybridized carbons (Fsp3) is 0.211. The lowest BCUT2D eigenvalue weighted by atomic mass is 10.1. The average Bonchev–Trinajstić information content (AvgIpc) is 3.25. The van der Waals surface area contributed by atoms with Gasteiger partial charge in [0.05, 0.1) is 5.56 Å². The Labute approximate surface area is 169 Å². The van der Waals surface area contributed by atoms with Gasteiger partial charge < -0.3 is 14.7 Å². The topological polar surface area (TPSA) is 108 Å². The molecule has 30 heavy (non-hydrogen) atoms. The van der Waals surface area contributed by atoms with E-state index in [0.29, 0.717) is 24.5 Å². The molecule has 3 rings (SSSR count). The van der Waals surface area contributed by atoms with Crippen LogP contribution in [0.15, 0.2) is 47.1 Å². The van der Waals surface area contributed by atoms with Crippen molar-refractivity contribution in [3.63, 3.8) is 0 Å². The van der Waals surface area contributed by atoms with Crippen molar-refractivity contribution in [3.05, 3.63) is 59.6 Å². The number of rotatable bonds is 6. The second kappa shape index (κ2) is 8.60. The number of anilines is 1. The van der Waals surface area contributed by atoms with Crippen molar-refractivity contribution in [2.45, 2.75) is 6.18 Å². The molecule has 0 bridgehead atoms. The molecule has 0 saturated carbocycles. The maximum absolute atomic E-state index is 12.6. The first-order chi connectivity index (χ1) is 14.3. The molecule has 0 aliphatic heterocycles. The van der Waals surface area contributed by atoms with Crippen LogP contribution in [0.1, 0.15) is 21.8 Å². The average molecular weight is 416 g/mol. The minimum Gasteiger partial charge on any atom is -0.358 e. The van der Waals surface area contributed by atoms with Gasteiger partial charge in [0, 0.05) is 37.5 Å². The standard InChI is InChI=1S/C19H15F3N6O2/c1-28(15-6-5-12(10-23)11-25-15)8-7-24-17(29)14-4-2-3-13(9-14)16-26-18(30-27-16)19(20,21)22/h2-6,9,11H,7-8H2,1H3,(H,24,29). The number of amides is 1. The van der Waals surface area contributed by atoms with Gasteiger partial charge in [-0.2, -0.15) is 23.4 Å². The summed E-state index contributed by atoms with van der Waals surface area (Å²) in [5.41, 5.74) is 0.912. The van der Waals surface area contributed by atoms with Crippen molar-refractivity contribution >= 4 is 11.7 Å². The van der Waals surface area contributed by atoms with Crippen LogP contribution in [0.2, 0.25) is 0 Å². The van der Waals surface area contributed by atoms with Crippen LogP contribution in [-0.4, -0.2) is 41.2 Å². The molecule has 1 amide bonds. The molecule has 8 nitrogen and oxygen atoms in total. The van der Waals surface area contributed by atoms with E-state index < -0.39 is 18.0 Å². The first kappa shape index (κ1) is 20.8. The molecule has 1 N–H and O–H groups in total. The highest BCUT2D eigenvalue weighted by Crippen LogP contribution is 2.29. The number of benzene rings is 1. The monoisotopic (exact) mass is 416 g/mol. The Balaban J connectivity index is 1.60. The SMILES string of the molecule is CN(CCNC(=O)c1cccc(-c2noc(C(F)(F)F)n2)c1)c1ccc(C#N)cn1. The van der Waals surface area contributed by atoms with Gasteiger partial charge in [0.1, 0.15) is 11.9 Å². The van der Waals surface area contributed by atoms with Gasteiger partial charge in [-0.3, -0.25) is 4.79 Å². The minimum atomic E-state index is -4.74. The molecular formula is C19H15F3N6O2. The summed E-state index contributed by atoms with van der Waals surface area (Å²) in [4.78, 5) is 21.6. The predicted molar refractivity (Wildman–Crippen MR) is 99.3 cm³/mol. The van der Waals surface area contributed by atoms with Gasteiger partial charge >= 0.3 is 12.1 Å². The Bertz CT molecular complexity index is 1070. The van der Waals surface area contributed by atoms with Crippen molar-refractivity contribution in [1.29, 1.82) is 5.26 Å². The molecule has 0 atom stereocenters. The van der Waals surface area contributed by atoms with E-state index in [-0.39, 0.29) is 17.0 Å². The number of nitrogens with one attached hydrogen (secondary N) is 1. The Morgan fingerprint density at radius 2 is 2.10 bits per heavy atom. The summed E-state index contributed by atoms with van der Waals surface area (Å²) in [6, 6.07) is 11.2. The summed E-state index contributed by atoms with van der Waals surface area (Å²) in [6.45, 7) is 0.742. The third-order valence-corrected chi connectivity index (χ3v) is 4.05. The Morgan fingerprint density at radius 3 is 2.73 bits per heavy atom. The molecule has 3 aromatic rings. The van der Waals surface area contributed by atoms with Crippen molar-refractivity contribution in [2.75, 3.05) is 25.0 Å². The summed E-state index contributed by atoms with van der Waals surface area (Å²) < 4.78 is 42.0. The number of carbonyl (C=O) groups is 1. The van der Waals surface area contributed by atoms with Crippen LogP contribution in [0.25, 0.3) is 11.4 Å². The Morgan fingerprint density at radius 1 is 1.30 bits per heavy atom. The van der Waals surface area contributed by atoms with Gasteiger partial charge in [-0.25, -0.2) is 4.98 Å². The lowest BCUT2D eigenvalue weighted by Gasteiger charge is -2.18. The van der Waals surface area contributed by atoms with Gasteiger partial charge in [-0.1, -0.05) is 17.3 Å². The van der Waals surface area contributed by atoms with Gasteiger partial charge in [0.15, 0.2) is 0 Å². The lowest BCUT2D eigenvalue weighted by Crippen LogP contribution is -2.33. The molecule has 154 valence electrons. The van der Waals surface area contributed by atoms with E-state index in [1.165, 1.54) is 30.5 Å². The molecule has 1 aromatic carbocycles. The summed E-state index contributed by atoms with van der Waals surface area (Å²) in [5, 5.41) is 14.8. The van der Waals surface area contributed by atoms with Crippen molar-refractivity contribution < 1.29 is 22.5 Å². The van der Waals surface area contributed by atoms with Crippen LogP contribution in [0.4, 0.5) is 19.0 Å². The second-order valence-corrected chi connectivity index (χ2v) is 6.20. The van der Waals surface area contributed by atoms with E-state index in [1.807, 2.05) is 6.07 Å². The number of alkyl halides is 3. The highest BCUT2D eigenvalue weighted by molar-refractivity contribution is 5.95. The molecule has 0 aliphatic carbocycles. The third-order valence-electron chi connectivity index (χ3n) is 4.05. The highest BCUT2D eigenvalue weighted by atomic mass is 19.4. The Hall–Kier alpha value is -3.94. The summed E-state index contributed by atoms with van der Waals surface area (Å²) in [5.74, 6) is -1.48. The molecule has 0 fully saturated rings. The number of hydrogen-bond donors (Lipinski definition) is 1. The number of carbonyl (C=O) groups excluding carboxylic acids is 1. The number of pyridine rings is 1. The van der Waals surface area contributed by atoms with Gasteiger partial charge in [0.25, 0.3) is 5.91 Å². The van der Waals surface area contributed by atoms with Gasteiger partial charge in [-0.15, -0.1) is 0 Å². The first-order valence-electron chi connectivity index (χ1n) is 8.65. The number of nitriles is 1. The number of aromatic nitrogens is 3. The zero-order chi connectivity index (χ0) is 21.7. The molecule has 0 spiro atoms. The van der Waals surface area contributed by atoms with Crippen LogP contribution in [0, 0.1) is 11.3 Å². The van der Waals surface area contributed by atoms with Crippen molar-refractivity contribution in [1.82, 2.24) is 20.4 Å². The maximum atomic E-state index is 12.6. The fourth-order valence-electron chi connectivity index (χ4n) is 2.49. The van der Waals surface area contributed by atoms with E-state index in [9.17, 15) is 18.0 Å². The minimum absolute atomic E-state index is 0.223. The molecule has 0 radical (unpaired) electrons. The van der Waals surface area contributed by atoms with E-state index in [0.717, 1.165) is 0 Å². The summed E-state index contributed by atoms with van der Waals surface area (Å²) in [7, 11) is 1.79. The quantitative estimate of drug-likeness (QED) is 0.658. The molecule has 2 heterocycles. The van der Waals surface area contributed by atoms with Gasteiger partial charge in [-0.05, 0) is 24.3 Å². The molecule has 0 unspecified atom stereocenters. The number of halogens is 3. The number of likely N-dealkylation sites (N-methyl/N-ethyl adjacent to an activating group) is 1. The number of nitrogens with zero attached hydrogens (tertiary/aromatic N) is 5. The number of hydrogen-bond acceptors (Lipinski definition) is 7. The molecule has 2 aromatic heterocycles. The second-order valence-electron chi connectivity index (χ2n) is 6.20. The third kappa shape index (κ3) is 4.91. The highest BCUT2D eigenvalue weighted by Gasteiger charge is 2.38. The normalized spacial score (nSPS) is 11.0. The van der Waals surface area contributed by atoms with Crippen LogP contribution >= 0.6 is 0 Å². The fourth-order valence-corrected chi connectivity index (χ4v) is 2.49. The summed E-state index contributed by atoms with van der Waals surface area (Å²) in [6.07, 6.45) is -3.28. The zero-order valence-corrected chi connectivity index (χ0v) is 15.6. The smallest absolute Gasteiger partial charge is 0.358 e. The van der Waals surface area contributed by atoms with E-state index in [4.69, 9.17) is 5.26 Å². The largest absolute Gasteiger partial charge is 0.471 e. The first-order valence-corrected chi connectivity index (χ1v) is 8.65. The van der Waals surface area contributed by atoms with Crippen molar-refractivity contribution in [3.8, 4) is 17.5 Å². The van der Waals surface area contributed by atoms with E-state index in [1.54, 1.807) is 24.1 Å². The lowest BCUT2D eigenvalue weighted by molar-refractivity contribution is -0.159. The Kier molecular flexibility index (Phi) is 5.96. The van der Waals surface area contributed by atoms with E-state index in [2.05, 4.69) is 25.0 Å². The summed E-state index contributed by atoms with van der Waals surface area (Å²) >= 11 is 0. The van der Waals surface area contributed by atoms with Gasteiger partial charge in [0.2, 0.25) is 5.82 Å². The van der Waals surface area contributed by atoms with Crippen molar-refractivity contribution in [2.24, 2.45) is 0 Å². The zero-order valence-electron chi connectivity index (χ0n) is 15.6. The predicted octanol–water partition coefficient (Wildman–Crippen LogP) is 2.89. The maximum Gasteiger partial charge on any atom is 0.471 e. The molecule has 0 saturated heterocycles.